The predicted octanol–water partition coefficient (Wildman–Crippen LogP) is 2.22. The lowest BCUT2D eigenvalue weighted by Gasteiger charge is -2.29. The van der Waals surface area contributed by atoms with Crippen LogP contribution >= 0.6 is 22.9 Å². The summed E-state index contributed by atoms with van der Waals surface area (Å²) in [6.07, 6.45) is 1.08. The summed E-state index contributed by atoms with van der Waals surface area (Å²) in [4.78, 5) is 15.0. The molecule has 5 heteroatoms. The molecule has 22 heavy (non-hydrogen) atoms. The highest BCUT2D eigenvalue weighted by atomic mass is 35.5. The molecule has 1 amide bonds. The van der Waals surface area contributed by atoms with Gasteiger partial charge >= 0.3 is 0 Å². The quantitative estimate of drug-likeness (QED) is 0.882. The number of benzene rings is 1. The lowest BCUT2D eigenvalue weighted by atomic mass is 10.0. The molecule has 3 nitrogen and oxygen atoms in total. The number of carbonyl (C=O) groups is 1. The third-order valence-corrected chi connectivity index (χ3v) is 5.53. The van der Waals surface area contributed by atoms with Crippen molar-refractivity contribution in [2.24, 2.45) is 0 Å². The predicted molar refractivity (Wildman–Crippen MR) is 90.4 cm³/mol. The van der Waals surface area contributed by atoms with Gasteiger partial charge in [-0.3, -0.25) is 4.79 Å². The topological polar surface area (TPSA) is 33.5 Å². The second-order valence-corrected chi connectivity index (χ2v) is 7.20. The third kappa shape index (κ3) is 3.51. The molecule has 2 N–H and O–H groups in total. The van der Waals surface area contributed by atoms with E-state index in [9.17, 15) is 4.79 Å². The Hall–Kier alpha value is -1.36. The Labute approximate surface area is 139 Å². The van der Waals surface area contributed by atoms with Gasteiger partial charge in [0, 0.05) is 28.4 Å². The van der Waals surface area contributed by atoms with E-state index in [1.807, 2.05) is 35.6 Å². The molecule has 116 valence electrons. The normalized spacial score (nSPS) is 20.5. The monoisotopic (exact) mass is 335 g/mol. The van der Waals surface area contributed by atoms with Gasteiger partial charge in [0.05, 0.1) is 6.54 Å². The van der Waals surface area contributed by atoms with Gasteiger partial charge in [0.2, 0.25) is 0 Å². The first-order chi connectivity index (χ1) is 10.6. The first kappa shape index (κ1) is 15.5. The highest BCUT2D eigenvalue weighted by molar-refractivity contribution is 7.10. The van der Waals surface area contributed by atoms with E-state index in [0.717, 1.165) is 18.5 Å². The van der Waals surface area contributed by atoms with E-state index < -0.39 is 0 Å². The van der Waals surface area contributed by atoms with E-state index in [1.54, 1.807) is 0 Å². The Bertz CT molecular complexity index is 670. The summed E-state index contributed by atoms with van der Waals surface area (Å²) in [5, 5.41) is 5.85. The number of hydrogen-bond acceptors (Lipinski definition) is 2. The van der Waals surface area contributed by atoms with Gasteiger partial charge in [0.15, 0.2) is 6.54 Å². The van der Waals surface area contributed by atoms with Crippen LogP contribution in [0.4, 0.5) is 0 Å². The van der Waals surface area contributed by atoms with E-state index >= 15 is 0 Å². The molecule has 0 bridgehead atoms. The number of carbonyl (C=O) groups excluding carboxylic acids is 1. The smallest absolute Gasteiger partial charge is 0.275 e. The van der Waals surface area contributed by atoms with Crippen LogP contribution in [0.5, 0.6) is 0 Å². The number of rotatable bonds is 4. The number of amides is 1. The number of thiophene rings is 1. The van der Waals surface area contributed by atoms with E-state index in [4.69, 9.17) is 11.6 Å². The Morgan fingerprint density at radius 3 is 3.14 bits per heavy atom. The summed E-state index contributed by atoms with van der Waals surface area (Å²) in [5.41, 5.74) is 2.44. The largest absolute Gasteiger partial charge is 0.347 e. The van der Waals surface area contributed by atoms with Crippen molar-refractivity contribution in [1.29, 1.82) is 0 Å². The van der Waals surface area contributed by atoms with Crippen LogP contribution in [0.3, 0.4) is 0 Å². The summed E-state index contributed by atoms with van der Waals surface area (Å²) in [6.45, 7) is 4.30. The zero-order chi connectivity index (χ0) is 15.5. The van der Waals surface area contributed by atoms with E-state index in [1.165, 1.54) is 15.3 Å². The van der Waals surface area contributed by atoms with Crippen LogP contribution < -0.4 is 10.2 Å². The number of hydrogen-bond donors (Lipinski definition) is 2. The van der Waals surface area contributed by atoms with Crippen molar-refractivity contribution in [3.05, 3.63) is 56.7 Å². The molecule has 1 unspecified atom stereocenters. The van der Waals surface area contributed by atoms with E-state index in [2.05, 4.69) is 23.7 Å². The molecule has 2 heterocycles. The molecule has 0 saturated heterocycles. The Kier molecular flexibility index (Phi) is 4.81. The maximum absolute atomic E-state index is 12.2. The molecule has 2 aromatic rings. The Morgan fingerprint density at radius 2 is 2.32 bits per heavy atom. The minimum Gasteiger partial charge on any atom is -0.347 e. The van der Waals surface area contributed by atoms with Crippen LogP contribution in [-0.4, -0.2) is 19.0 Å². The van der Waals surface area contributed by atoms with Gasteiger partial charge in [-0.2, -0.15) is 0 Å². The number of halogens is 1. The van der Waals surface area contributed by atoms with Gasteiger partial charge in [0.1, 0.15) is 6.04 Å². The fourth-order valence-corrected chi connectivity index (χ4v) is 4.20. The van der Waals surface area contributed by atoms with Crippen molar-refractivity contribution in [2.45, 2.75) is 25.9 Å². The van der Waals surface area contributed by atoms with Crippen molar-refractivity contribution in [3.63, 3.8) is 0 Å². The molecule has 0 fully saturated rings. The lowest BCUT2D eigenvalue weighted by Crippen LogP contribution is -3.14. The number of fused-ring (bicyclic) bond motifs is 1. The molecule has 1 aromatic heterocycles. The number of nitrogens with one attached hydrogen (secondary N) is 2. The van der Waals surface area contributed by atoms with Crippen LogP contribution in [0.15, 0.2) is 35.7 Å². The molecule has 2 atom stereocenters. The van der Waals surface area contributed by atoms with Crippen LogP contribution in [0, 0.1) is 0 Å². The SMILES string of the molecule is C[C@@H]1c2ccsc2CC[NH+]1CC(=O)NCc1cccc(Cl)c1. The standard InChI is InChI=1S/C17H19ClN2OS/c1-12-15-6-8-22-16(15)5-7-20(12)11-17(21)19-10-13-3-2-4-14(18)9-13/h2-4,6,8-9,12H,5,7,10-11H2,1H3,(H,19,21)/p+1/t12-/m1/s1. The van der Waals surface area contributed by atoms with E-state index in [-0.39, 0.29) is 5.91 Å². The second-order valence-electron chi connectivity index (χ2n) is 5.76. The summed E-state index contributed by atoms with van der Waals surface area (Å²) in [7, 11) is 0. The van der Waals surface area contributed by atoms with Crippen LogP contribution in [0.2, 0.25) is 5.02 Å². The van der Waals surface area contributed by atoms with Crippen molar-refractivity contribution < 1.29 is 9.69 Å². The first-order valence-corrected chi connectivity index (χ1v) is 8.81. The van der Waals surface area contributed by atoms with Gasteiger partial charge in [-0.05, 0) is 36.1 Å². The maximum atomic E-state index is 12.2. The average molecular weight is 336 g/mol. The molecule has 0 aliphatic carbocycles. The van der Waals surface area contributed by atoms with Crippen LogP contribution in [-0.2, 0) is 17.8 Å². The maximum Gasteiger partial charge on any atom is 0.275 e. The van der Waals surface area contributed by atoms with Crippen LogP contribution in [0.1, 0.15) is 29.0 Å². The molecule has 3 rings (SSSR count). The van der Waals surface area contributed by atoms with Crippen molar-refractivity contribution in [2.75, 3.05) is 13.1 Å². The molecule has 1 aliphatic heterocycles. The first-order valence-electron chi connectivity index (χ1n) is 7.55. The minimum absolute atomic E-state index is 0.0977. The number of quaternary nitrogens is 1. The van der Waals surface area contributed by atoms with Gasteiger partial charge in [-0.15, -0.1) is 11.3 Å². The molecule has 0 radical (unpaired) electrons. The van der Waals surface area contributed by atoms with Crippen LogP contribution in [0.25, 0.3) is 0 Å². The molecule has 1 aromatic carbocycles. The molecular formula is C17H20ClN2OS+. The van der Waals surface area contributed by atoms with Gasteiger partial charge < -0.3 is 10.2 Å². The van der Waals surface area contributed by atoms with Gasteiger partial charge in [-0.1, -0.05) is 23.7 Å². The molecule has 0 spiro atoms. The molecule has 0 saturated carbocycles. The zero-order valence-corrected chi connectivity index (χ0v) is 14.1. The Balaban J connectivity index is 1.54. The molecular weight excluding hydrogens is 316 g/mol. The van der Waals surface area contributed by atoms with Crippen molar-refractivity contribution in [1.82, 2.24) is 5.32 Å². The highest BCUT2D eigenvalue weighted by Crippen LogP contribution is 2.24. The summed E-state index contributed by atoms with van der Waals surface area (Å²) < 4.78 is 0. The summed E-state index contributed by atoms with van der Waals surface area (Å²) in [5.74, 6) is 0.0977. The summed E-state index contributed by atoms with van der Waals surface area (Å²) >= 11 is 7.79. The molecule has 1 aliphatic rings. The fourth-order valence-electron chi connectivity index (χ4n) is 3.01. The highest BCUT2D eigenvalue weighted by Gasteiger charge is 2.29. The van der Waals surface area contributed by atoms with Crippen molar-refractivity contribution >= 4 is 28.8 Å². The average Bonchev–Trinajstić information content (AvgIpc) is 2.98. The minimum atomic E-state index is 0.0977. The second kappa shape index (κ2) is 6.82. The lowest BCUT2D eigenvalue weighted by molar-refractivity contribution is -0.924. The summed E-state index contributed by atoms with van der Waals surface area (Å²) in [6, 6.07) is 10.2. The zero-order valence-electron chi connectivity index (χ0n) is 12.6. The van der Waals surface area contributed by atoms with E-state index in [0.29, 0.717) is 24.2 Å². The van der Waals surface area contributed by atoms with Gasteiger partial charge in [0.25, 0.3) is 5.91 Å². The van der Waals surface area contributed by atoms with Crippen molar-refractivity contribution in [3.8, 4) is 0 Å². The fraction of sp³-hybridized carbons (Fsp3) is 0.353. The third-order valence-electron chi connectivity index (χ3n) is 4.30. The van der Waals surface area contributed by atoms with Gasteiger partial charge in [-0.25, -0.2) is 0 Å². The Morgan fingerprint density at radius 1 is 1.45 bits per heavy atom.